The van der Waals surface area contributed by atoms with Crippen molar-refractivity contribution in [2.45, 2.75) is 0 Å². The highest BCUT2D eigenvalue weighted by Gasteiger charge is 2.30. The average Bonchev–Trinajstić information content (AvgIpc) is 2.94. The van der Waals surface area contributed by atoms with Crippen molar-refractivity contribution in [3.05, 3.63) is 119 Å². The molecule has 0 aromatic heterocycles. The van der Waals surface area contributed by atoms with Crippen LogP contribution in [0, 0.1) is 0 Å². The van der Waals surface area contributed by atoms with Crippen molar-refractivity contribution < 1.29 is 9.59 Å². The molecule has 0 radical (unpaired) electrons. The Balaban J connectivity index is 1.53. The zero-order chi connectivity index (χ0) is 23.7. The fraction of sp³-hybridized carbons (Fsp3) is 0. The van der Waals surface area contributed by atoms with Crippen LogP contribution in [0.15, 0.2) is 97.1 Å². The van der Waals surface area contributed by atoms with Gasteiger partial charge in [0.15, 0.2) is 11.6 Å². The predicted molar refractivity (Wildman–Crippen MR) is 145 cm³/mol. The Bertz CT molecular complexity index is 2000. The van der Waals surface area contributed by atoms with Gasteiger partial charge >= 0.3 is 0 Å². The van der Waals surface area contributed by atoms with E-state index >= 15 is 0 Å². The van der Waals surface area contributed by atoms with Crippen LogP contribution in [0.25, 0.3) is 65.3 Å². The van der Waals surface area contributed by atoms with E-state index in [0.717, 1.165) is 87.6 Å². The molecule has 7 aromatic rings. The number of hydrogen-bond acceptors (Lipinski definition) is 2. The first-order valence-electron chi connectivity index (χ1n) is 12.2. The zero-order valence-corrected chi connectivity index (χ0v) is 19.1. The highest BCUT2D eigenvalue weighted by Crippen LogP contribution is 2.50. The second-order valence-corrected chi connectivity index (χ2v) is 9.89. The van der Waals surface area contributed by atoms with E-state index in [9.17, 15) is 9.59 Å². The Labute approximate surface area is 205 Å². The molecule has 2 heteroatoms. The fourth-order valence-electron chi connectivity index (χ4n) is 6.84. The molecular weight excluding hydrogens is 440 g/mol. The van der Waals surface area contributed by atoms with Gasteiger partial charge in [-0.2, -0.15) is 0 Å². The monoisotopic (exact) mass is 456 g/mol. The highest BCUT2D eigenvalue weighted by molar-refractivity contribution is 6.41. The van der Waals surface area contributed by atoms with Crippen molar-refractivity contribution in [1.29, 1.82) is 0 Å². The number of fused-ring (bicyclic) bond motifs is 6. The predicted octanol–water partition coefficient (Wildman–Crippen LogP) is 8.16. The Kier molecular flexibility index (Phi) is 3.11. The smallest absolute Gasteiger partial charge is 0.194 e. The first-order valence-corrected chi connectivity index (χ1v) is 12.2. The summed E-state index contributed by atoms with van der Waals surface area (Å²) in [7, 11) is 0. The van der Waals surface area contributed by atoms with E-state index in [1.54, 1.807) is 0 Å². The van der Waals surface area contributed by atoms with Crippen LogP contribution >= 0.6 is 0 Å². The molecule has 0 bridgehead atoms. The lowest BCUT2D eigenvalue weighted by Crippen LogP contribution is -2.11. The van der Waals surface area contributed by atoms with E-state index in [2.05, 4.69) is 36.4 Å². The maximum Gasteiger partial charge on any atom is 0.194 e. The zero-order valence-electron chi connectivity index (χ0n) is 19.1. The Hall–Kier alpha value is -4.82. The van der Waals surface area contributed by atoms with Crippen molar-refractivity contribution in [2.75, 3.05) is 0 Å². The molecule has 0 unspecified atom stereocenters. The lowest BCUT2D eigenvalue weighted by atomic mass is 9.77. The van der Waals surface area contributed by atoms with Crippen LogP contribution in [0.1, 0.15) is 31.8 Å². The van der Waals surface area contributed by atoms with Gasteiger partial charge in [0.2, 0.25) is 0 Å². The Morgan fingerprint density at radius 3 is 1.00 bits per heavy atom. The maximum absolute atomic E-state index is 13.5. The molecule has 0 N–H and O–H groups in total. The average molecular weight is 457 g/mol. The van der Waals surface area contributed by atoms with Crippen LogP contribution in [0.5, 0.6) is 0 Å². The molecule has 0 saturated carbocycles. The third kappa shape index (κ3) is 1.94. The minimum Gasteiger partial charge on any atom is -0.289 e. The second kappa shape index (κ2) is 6.05. The van der Waals surface area contributed by atoms with E-state index in [1.165, 1.54) is 0 Å². The van der Waals surface area contributed by atoms with Gasteiger partial charge < -0.3 is 0 Å². The molecule has 0 spiro atoms. The summed E-state index contributed by atoms with van der Waals surface area (Å²) in [4.78, 5) is 27.0. The van der Waals surface area contributed by atoms with Gasteiger partial charge in [0.25, 0.3) is 0 Å². The van der Waals surface area contributed by atoms with Crippen LogP contribution in [0.4, 0.5) is 0 Å². The Morgan fingerprint density at radius 2 is 0.611 bits per heavy atom. The van der Waals surface area contributed by atoms with Crippen LogP contribution in [0.3, 0.4) is 0 Å². The molecule has 0 aliphatic heterocycles. The summed E-state index contributed by atoms with van der Waals surface area (Å²) in [5.74, 6) is 0.167. The van der Waals surface area contributed by atoms with Crippen LogP contribution in [-0.4, -0.2) is 11.6 Å². The molecule has 0 saturated heterocycles. The van der Waals surface area contributed by atoms with Crippen molar-refractivity contribution in [1.82, 2.24) is 0 Å². The van der Waals surface area contributed by atoms with Gasteiger partial charge in [-0.15, -0.1) is 0 Å². The lowest BCUT2D eigenvalue weighted by Gasteiger charge is -2.25. The van der Waals surface area contributed by atoms with Crippen LogP contribution in [0.2, 0.25) is 0 Å². The molecule has 2 nitrogen and oxygen atoms in total. The fourth-order valence-corrected chi connectivity index (χ4v) is 6.84. The molecule has 0 fully saturated rings. The lowest BCUT2D eigenvalue weighted by molar-refractivity contribution is 0.103. The van der Waals surface area contributed by atoms with Gasteiger partial charge in [-0.3, -0.25) is 9.59 Å². The minimum atomic E-state index is 0.0834. The van der Waals surface area contributed by atoms with E-state index in [-0.39, 0.29) is 11.6 Å². The summed E-state index contributed by atoms with van der Waals surface area (Å²) in [6.07, 6.45) is 0. The van der Waals surface area contributed by atoms with Crippen molar-refractivity contribution in [3.8, 4) is 22.3 Å². The molecule has 0 atom stereocenters. The third-order valence-electron chi connectivity index (χ3n) is 8.31. The standard InChI is InChI=1S/C34H16O2/c35-33-25-7-3-1-5-17(25)19-9-11-21-24-14-16-28-32-20(18-6-2-4-8-26(18)34(28)36)10-12-22(30(24)32)23-13-15-27(33)31(19)29(21)23/h1-16H. The van der Waals surface area contributed by atoms with E-state index in [1.807, 2.05) is 60.7 Å². The maximum atomic E-state index is 13.5. The largest absolute Gasteiger partial charge is 0.289 e. The summed E-state index contributed by atoms with van der Waals surface area (Å²) in [6, 6.07) is 32.7. The summed E-state index contributed by atoms with van der Waals surface area (Å²) in [6.45, 7) is 0. The molecule has 164 valence electrons. The first kappa shape index (κ1) is 18.5. The summed E-state index contributed by atoms with van der Waals surface area (Å²) in [5.41, 5.74) is 7.27. The van der Waals surface area contributed by atoms with E-state index in [0.29, 0.717) is 0 Å². The summed E-state index contributed by atoms with van der Waals surface area (Å²) in [5, 5.41) is 8.83. The SMILES string of the molecule is O=C1c2ccccc2-c2ccc3c4ccc5c6c(ccc(c7ccc1c2c73)c64)-c1ccccc1C5=O. The van der Waals surface area contributed by atoms with Gasteiger partial charge in [-0.25, -0.2) is 0 Å². The van der Waals surface area contributed by atoms with Gasteiger partial charge in [-0.1, -0.05) is 84.9 Å². The quantitative estimate of drug-likeness (QED) is 0.170. The Morgan fingerprint density at radius 1 is 0.278 bits per heavy atom. The van der Waals surface area contributed by atoms with Gasteiger partial charge in [0.1, 0.15) is 0 Å². The molecule has 0 heterocycles. The summed E-state index contributed by atoms with van der Waals surface area (Å²) >= 11 is 0. The van der Waals surface area contributed by atoms with E-state index < -0.39 is 0 Å². The number of hydrogen-bond donors (Lipinski definition) is 0. The number of carbonyl (C=O) groups is 2. The van der Waals surface area contributed by atoms with Crippen LogP contribution < -0.4 is 0 Å². The number of carbonyl (C=O) groups excluding carboxylic acids is 2. The van der Waals surface area contributed by atoms with Gasteiger partial charge in [0, 0.05) is 33.0 Å². The van der Waals surface area contributed by atoms with Crippen molar-refractivity contribution >= 4 is 54.7 Å². The molecule has 0 amide bonds. The minimum absolute atomic E-state index is 0.0834. The molecule has 7 aromatic carbocycles. The topological polar surface area (TPSA) is 34.1 Å². The normalized spacial score (nSPS) is 13.7. The van der Waals surface area contributed by atoms with Crippen molar-refractivity contribution in [2.24, 2.45) is 0 Å². The summed E-state index contributed by atoms with van der Waals surface area (Å²) < 4.78 is 0. The van der Waals surface area contributed by atoms with Crippen molar-refractivity contribution in [3.63, 3.8) is 0 Å². The number of benzene rings is 7. The molecular formula is C34H16O2. The van der Waals surface area contributed by atoms with Gasteiger partial charge in [-0.05, 0) is 66.7 Å². The number of ketones is 2. The molecule has 2 aliphatic carbocycles. The van der Waals surface area contributed by atoms with Crippen LogP contribution in [-0.2, 0) is 0 Å². The van der Waals surface area contributed by atoms with E-state index in [4.69, 9.17) is 0 Å². The van der Waals surface area contributed by atoms with Gasteiger partial charge in [0.05, 0.1) is 0 Å². The highest BCUT2D eigenvalue weighted by atomic mass is 16.1. The molecule has 36 heavy (non-hydrogen) atoms. The third-order valence-corrected chi connectivity index (χ3v) is 8.31. The number of rotatable bonds is 0. The molecule has 9 rings (SSSR count). The molecule has 2 aliphatic rings. The first-order chi connectivity index (χ1) is 17.7. The second-order valence-electron chi connectivity index (χ2n) is 9.89.